The highest BCUT2D eigenvalue weighted by Gasteiger charge is 2.29. The van der Waals surface area contributed by atoms with Crippen molar-refractivity contribution in [3.63, 3.8) is 0 Å². The molecule has 0 aliphatic rings. The number of fused-ring (bicyclic) bond motifs is 2. The maximum Gasteiger partial charge on any atom is 0.177 e. The smallest absolute Gasteiger partial charge is 0.177 e. The molecule has 0 radical (unpaired) electrons. The van der Waals surface area contributed by atoms with Gasteiger partial charge in [-0.1, -0.05) is 36.4 Å². The Morgan fingerprint density at radius 2 is 1.17 bits per heavy atom. The molecule has 0 aliphatic carbocycles. The molecule has 4 aromatic rings. The molecule has 0 fully saturated rings. The van der Waals surface area contributed by atoms with Crippen LogP contribution in [-0.2, 0) is 4.79 Å². The summed E-state index contributed by atoms with van der Waals surface area (Å²) in [5.41, 5.74) is 3.40. The van der Waals surface area contributed by atoms with E-state index in [1.54, 1.807) is 12.4 Å². The van der Waals surface area contributed by atoms with E-state index in [0.717, 1.165) is 32.9 Å². The van der Waals surface area contributed by atoms with Gasteiger partial charge >= 0.3 is 0 Å². The van der Waals surface area contributed by atoms with Gasteiger partial charge in [0.2, 0.25) is 0 Å². The zero-order valence-electron chi connectivity index (χ0n) is 12.6. The van der Waals surface area contributed by atoms with Crippen LogP contribution in [0.5, 0.6) is 0 Å². The van der Waals surface area contributed by atoms with Crippen LogP contribution in [0.3, 0.4) is 0 Å². The molecular formula is C19H14Cl2N2O. The summed E-state index contributed by atoms with van der Waals surface area (Å²) in [5, 5.41) is 0.261. The first-order valence-corrected chi connectivity index (χ1v) is 8.48. The van der Waals surface area contributed by atoms with E-state index >= 15 is 0 Å². The second-order valence-electron chi connectivity index (χ2n) is 5.71. The van der Waals surface area contributed by atoms with Crippen molar-refractivity contribution >= 4 is 50.8 Å². The molecule has 2 heterocycles. The first-order valence-electron chi connectivity index (χ1n) is 7.60. The highest BCUT2D eigenvalue weighted by atomic mass is 35.5. The van der Waals surface area contributed by atoms with Gasteiger partial charge in [0, 0.05) is 45.3 Å². The predicted octanol–water partition coefficient (Wildman–Crippen LogP) is 5.48. The molecule has 2 unspecified atom stereocenters. The Morgan fingerprint density at radius 1 is 0.750 bits per heavy atom. The first kappa shape index (κ1) is 15.3. The van der Waals surface area contributed by atoms with Gasteiger partial charge in [0.15, 0.2) is 5.78 Å². The summed E-state index contributed by atoms with van der Waals surface area (Å²) in [7, 11) is 0. The number of hydrogen-bond acceptors (Lipinski definition) is 1. The lowest BCUT2D eigenvalue weighted by Crippen LogP contribution is -2.13. The lowest BCUT2D eigenvalue weighted by molar-refractivity contribution is -0.118. The lowest BCUT2D eigenvalue weighted by atomic mass is 10.0. The molecule has 0 aliphatic heterocycles. The highest BCUT2D eigenvalue weighted by Crippen LogP contribution is 2.37. The summed E-state index contributed by atoms with van der Waals surface area (Å²) in [5.74, 6) is -0.229. The molecule has 0 saturated carbocycles. The topological polar surface area (TPSA) is 48.6 Å². The van der Waals surface area contributed by atoms with Crippen molar-refractivity contribution in [3.8, 4) is 0 Å². The van der Waals surface area contributed by atoms with Crippen LogP contribution in [0.1, 0.15) is 21.9 Å². The Kier molecular flexibility index (Phi) is 3.83. The molecule has 3 nitrogen and oxygen atoms in total. The van der Waals surface area contributed by atoms with E-state index in [4.69, 9.17) is 23.2 Å². The Bertz CT molecular complexity index is 952. The number of para-hydroxylation sites is 2. The number of aromatic nitrogens is 2. The van der Waals surface area contributed by atoms with Crippen LogP contribution in [0.15, 0.2) is 60.9 Å². The van der Waals surface area contributed by atoms with Crippen molar-refractivity contribution in [3.05, 3.63) is 72.1 Å². The van der Waals surface area contributed by atoms with Gasteiger partial charge in [-0.25, -0.2) is 0 Å². The summed E-state index contributed by atoms with van der Waals surface area (Å²) < 4.78 is 0. The fourth-order valence-corrected chi connectivity index (χ4v) is 3.72. The third kappa shape index (κ3) is 2.41. The maximum absolute atomic E-state index is 12.8. The van der Waals surface area contributed by atoms with Crippen molar-refractivity contribution < 1.29 is 4.79 Å². The van der Waals surface area contributed by atoms with Gasteiger partial charge in [0.05, 0.1) is 0 Å². The average molecular weight is 357 g/mol. The summed E-state index contributed by atoms with van der Waals surface area (Å²) in [6, 6.07) is 15.5. The molecule has 2 atom stereocenters. The van der Waals surface area contributed by atoms with Gasteiger partial charge < -0.3 is 9.97 Å². The van der Waals surface area contributed by atoms with Gasteiger partial charge in [-0.3, -0.25) is 4.79 Å². The molecule has 5 heteroatoms. The number of alkyl halides is 2. The molecule has 24 heavy (non-hydrogen) atoms. The van der Waals surface area contributed by atoms with Crippen LogP contribution >= 0.6 is 23.2 Å². The van der Waals surface area contributed by atoms with E-state index in [9.17, 15) is 4.79 Å². The zero-order chi connectivity index (χ0) is 16.7. The molecule has 0 spiro atoms. The molecule has 0 saturated heterocycles. The summed E-state index contributed by atoms with van der Waals surface area (Å²) in [6.07, 6.45) is 3.55. The van der Waals surface area contributed by atoms with Gasteiger partial charge in [0.25, 0.3) is 0 Å². The van der Waals surface area contributed by atoms with Gasteiger partial charge in [-0.05, 0) is 12.1 Å². The number of benzene rings is 2. The SMILES string of the molecule is O=C(C(Cl)c1c[nH]c2ccccc12)C(Cl)c1c[nH]c2ccccc12. The van der Waals surface area contributed by atoms with Crippen molar-refractivity contribution in [2.24, 2.45) is 0 Å². The minimum absolute atomic E-state index is 0.229. The van der Waals surface area contributed by atoms with Gasteiger partial charge in [-0.2, -0.15) is 0 Å². The molecular weight excluding hydrogens is 343 g/mol. The van der Waals surface area contributed by atoms with Crippen molar-refractivity contribution in [1.82, 2.24) is 9.97 Å². The third-order valence-electron chi connectivity index (χ3n) is 4.29. The van der Waals surface area contributed by atoms with Crippen LogP contribution in [0.4, 0.5) is 0 Å². The number of hydrogen-bond donors (Lipinski definition) is 2. The monoisotopic (exact) mass is 356 g/mol. The largest absolute Gasteiger partial charge is 0.361 e. The average Bonchev–Trinajstić information content (AvgIpc) is 3.24. The Balaban J connectivity index is 1.70. The number of carbonyl (C=O) groups is 1. The number of H-pyrrole nitrogens is 2. The quantitative estimate of drug-likeness (QED) is 0.467. The number of aromatic amines is 2. The van der Waals surface area contributed by atoms with Crippen molar-refractivity contribution in [2.45, 2.75) is 10.8 Å². The van der Waals surface area contributed by atoms with E-state index in [1.165, 1.54) is 0 Å². The number of rotatable bonds is 4. The van der Waals surface area contributed by atoms with Crippen molar-refractivity contribution in [2.75, 3.05) is 0 Å². The molecule has 4 rings (SSSR count). The maximum atomic E-state index is 12.8. The van der Waals surface area contributed by atoms with Crippen molar-refractivity contribution in [1.29, 1.82) is 0 Å². The third-order valence-corrected chi connectivity index (χ3v) is 5.19. The molecule has 2 N–H and O–H groups in total. The zero-order valence-corrected chi connectivity index (χ0v) is 14.1. The van der Waals surface area contributed by atoms with E-state index in [2.05, 4.69) is 9.97 Å². The Hall–Kier alpha value is -2.23. The van der Waals surface area contributed by atoms with Crippen LogP contribution in [0.2, 0.25) is 0 Å². The first-order chi connectivity index (χ1) is 11.7. The molecule has 2 aromatic carbocycles. The second kappa shape index (κ2) is 6.00. The minimum Gasteiger partial charge on any atom is -0.361 e. The number of carbonyl (C=O) groups excluding carboxylic acids is 1. The number of ketones is 1. The van der Waals surface area contributed by atoms with E-state index < -0.39 is 10.8 Å². The Morgan fingerprint density at radius 3 is 1.62 bits per heavy atom. The fourth-order valence-electron chi connectivity index (χ4n) is 3.04. The minimum atomic E-state index is -0.808. The summed E-state index contributed by atoms with van der Waals surface area (Å²) in [4.78, 5) is 19.1. The summed E-state index contributed by atoms with van der Waals surface area (Å²) >= 11 is 13.0. The summed E-state index contributed by atoms with van der Waals surface area (Å²) in [6.45, 7) is 0. The number of nitrogens with one attached hydrogen (secondary N) is 2. The normalized spacial score (nSPS) is 14.1. The van der Waals surface area contributed by atoms with Crippen LogP contribution in [0, 0.1) is 0 Å². The lowest BCUT2D eigenvalue weighted by Gasteiger charge is -2.12. The van der Waals surface area contributed by atoms with Gasteiger partial charge in [-0.15, -0.1) is 23.2 Å². The Labute approximate surface area is 148 Å². The molecule has 0 amide bonds. The fraction of sp³-hybridized carbons (Fsp3) is 0.105. The van der Waals surface area contributed by atoms with Crippen LogP contribution in [0.25, 0.3) is 21.8 Å². The standard InChI is InChI=1S/C19H14Cl2N2O/c20-17(13-9-22-15-7-3-1-5-11(13)15)19(24)18(21)14-10-23-16-8-4-2-6-12(14)16/h1-10,17-18,22-23H. The van der Waals surface area contributed by atoms with Crippen LogP contribution < -0.4 is 0 Å². The molecule has 2 aromatic heterocycles. The number of Topliss-reactive ketones (excluding diaryl/α,β-unsaturated/α-hetero) is 1. The molecule has 0 bridgehead atoms. The van der Waals surface area contributed by atoms with E-state index in [-0.39, 0.29) is 5.78 Å². The van der Waals surface area contributed by atoms with E-state index in [0.29, 0.717) is 0 Å². The molecule has 120 valence electrons. The van der Waals surface area contributed by atoms with Crippen LogP contribution in [-0.4, -0.2) is 15.8 Å². The second-order valence-corrected chi connectivity index (χ2v) is 6.58. The predicted molar refractivity (Wildman–Crippen MR) is 98.8 cm³/mol. The van der Waals surface area contributed by atoms with Gasteiger partial charge in [0.1, 0.15) is 10.8 Å². The van der Waals surface area contributed by atoms with E-state index in [1.807, 2.05) is 48.5 Å². The number of halogens is 2. The highest BCUT2D eigenvalue weighted by molar-refractivity contribution is 6.41.